The molecule has 1 heterocycles. The maximum atomic E-state index is 12.2. The number of hydrogen-bond donors (Lipinski definition) is 1. The van der Waals surface area contributed by atoms with Crippen molar-refractivity contribution < 1.29 is 18.8 Å². The highest BCUT2D eigenvalue weighted by Crippen LogP contribution is 2.19. The number of benzene rings is 2. The maximum Gasteiger partial charge on any atom is 0.337 e. The lowest BCUT2D eigenvalue weighted by Gasteiger charge is -2.09. The molecule has 0 bridgehead atoms. The fourth-order valence-electron chi connectivity index (χ4n) is 2.50. The predicted octanol–water partition coefficient (Wildman–Crippen LogP) is 3.40. The van der Waals surface area contributed by atoms with Crippen LogP contribution in [-0.4, -0.2) is 29.1 Å². The lowest BCUT2D eigenvalue weighted by atomic mass is 10.1. The van der Waals surface area contributed by atoms with Gasteiger partial charge in [-0.15, -0.1) is 0 Å². The Morgan fingerprint density at radius 1 is 1.15 bits per heavy atom. The highest BCUT2D eigenvalue weighted by atomic mass is 16.5. The van der Waals surface area contributed by atoms with E-state index < -0.39 is 5.97 Å². The summed E-state index contributed by atoms with van der Waals surface area (Å²) in [4.78, 5) is 28.2. The largest absolute Gasteiger partial charge is 0.465 e. The molecule has 0 saturated heterocycles. The van der Waals surface area contributed by atoms with Crippen LogP contribution in [0.4, 0.5) is 5.69 Å². The van der Waals surface area contributed by atoms with Crippen LogP contribution >= 0.6 is 0 Å². The number of ether oxygens (including phenoxy) is 1. The first kappa shape index (κ1) is 18.3. The Labute approximate surface area is 156 Å². The maximum absolute atomic E-state index is 12.2. The van der Waals surface area contributed by atoms with Crippen molar-refractivity contribution in [2.75, 3.05) is 12.4 Å². The first-order chi connectivity index (χ1) is 13.1. The van der Waals surface area contributed by atoms with Crippen molar-refractivity contribution in [2.45, 2.75) is 19.8 Å². The highest BCUT2D eigenvalue weighted by molar-refractivity contribution is 5.95. The van der Waals surface area contributed by atoms with Crippen molar-refractivity contribution >= 4 is 17.6 Å². The van der Waals surface area contributed by atoms with Gasteiger partial charge in [-0.05, 0) is 24.6 Å². The quantitative estimate of drug-likeness (QED) is 0.673. The van der Waals surface area contributed by atoms with Crippen LogP contribution in [0.15, 0.2) is 53.1 Å². The number of aromatic nitrogens is 2. The first-order valence-electron chi connectivity index (χ1n) is 8.43. The van der Waals surface area contributed by atoms with Gasteiger partial charge in [0.05, 0.1) is 12.7 Å². The van der Waals surface area contributed by atoms with Crippen molar-refractivity contribution in [3.8, 4) is 11.4 Å². The van der Waals surface area contributed by atoms with Gasteiger partial charge in [0, 0.05) is 24.1 Å². The fourth-order valence-corrected chi connectivity index (χ4v) is 2.50. The van der Waals surface area contributed by atoms with E-state index in [1.54, 1.807) is 18.2 Å². The molecule has 0 aliphatic carbocycles. The summed E-state index contributed by atoms with van der Waals surface area (Å²) >= 11 is 0. The molecule has 0 saturated carbocycles. The number of carbonyl (C=O) groups excluding carboxylic acids is 2. The van der Waals surface area contributed by atoms with Gasteiger partial charge in [-0.2, -0.15) is 4.98 Å². The molecule has 0 unspecified atom stereocenters. The number of anilines is 1. The minimum Gasteiger partial charge on any atom is -0.465 e. The van der Waals surface area contributed by atoms with E-state index in [0.29, 0.717) is 29.4 Å². The topological polar surface area (TPSA) is 94.3 Å². The predicted molar refractivity (Wildman–Crippen MR) is 99.2 cm³/mol. The number of rotatable bonds is 6. The molecule has 0 radical (unpaired) electrons. The monoisotopic (exact) mass is 365 g/mol. The van der Waals surface area contributed by atoms with Gasteiger partial charge in [-0.25, -0.2) is 4.79 Å². The van der Waals surface area contributed by atoms with E-state index >= 15 is 0 Å². The molecule has 0 fully saturated rings. The van der Waals surface area contributed by atoms with Crippen molar-refractivity contribution in [1.29, 1.82) is 0 Å². The highest BCUT2D eigenvalue weighted by Gasteiger charge is 2.13. The Balaban J connectivity index is 1.61. The summed E-state index contributed by atoms with van der Waals surface area (Å²) in [6.45, 7) is 1.85. The van der Waals surface area contributed by atoms with E-state index in [1.807, 2.05) is 37.3 Å². The minimum atomic E-state index is -0.454. The van der Waals surface area contributed by atoms with Gasteiger partial charge in [-0.3, -0.25) is 4.79 Å². The molecule has 0 aliphatic rings. The fraction of sp³-hybridized carbons (Fsp3) is 0.200. The lowest BCUT2D eigenvalue weighted by Crippen LogP contribution is -2.14. The Hall–Kier alpha value is -3.48. The molecule has 1 aromatic heterocycles. The summed E-state index contributed by atoms with van der Waals surface area (Å²) in [5.74, 6) is 0.223. The summed E-state index contributed by atoms with van der Waals surface area (Å²) in [5, 5.41) is 6.74. The summed E-state index contributed by atoms with van der Waals surface area (Å²) < 4.78 is 9.91. The Bertz CT molecular complexity index is 951. The van der Waals surface area contributed by atoms with E-state index in [1.165, 1.54) is 7.11 Å². The summed E-state index contributed by atoms with van der Waals surface area (Å²) in [6.07, 6.45) is 0.500. The van der Waals surface area contributed by atoms with E-state index in [-0.39, 0.29) is 12.3 Å². The zero-order chi connectivity index (χ0) is 19.2. The molecule has 7 heteroatoms. The number of esters is 1. The van der Waals surface area contributed by atoms with E-state index in [4.69, 9.17) is 9.26 Å². The van der Waals surface area contributed by atoms with Crippen molar-refractivity contribution in [3.63, 3.8) is 0 Å². The summed E-state index contributed by atoms with van der Waals surface area (Å²) in [6, 6.07) is 14.5. The normalized spacial score (nSPS) is 10.4. The van der Waals surface area contributed by atoms with Gasteiger partial charge in [0.1, 0.15) is 0 Å². The first-order valence-corrected chi connectivity index (χ1v) is 8.43. The zero-order valence-electron chi connectivity index (χ0n) is 15.1. The molecule has 0 atom stereocenters. The molecule has 27 heavy (non-hydrogen) atoms. The van der Waals surface area contributed by atoms with Crippen LogP contribution in [0.1, 0.15) is 28.2 Å². The average molecular weight is 365 g/mol. The average Bonchev–Trinajstić information content (AvgIpc) is 3.17. The second-order valence-electron chi connectivity index (χ2n) is 5.95. The SMILES string of the molecule is COC(=O)c1ccc(C)c(NC(=O)CCc2nc(-c3ccccc3)no2)c1. The van der Waals surface area contributed by atoms with E-state index in [0.717, 1.165) is 11.1 Å². The number of aryl methyl sites for hydroxylation is 2. The standard InChI is InChI=1S/C20H19N3O4/c1-13-8-9-15(20(25)26-2)12-16(13)21-17(24)10-11-18-22-19(23-27-18)14-6-4-3-5-7-14/h3-9,12H,10-11H2,1-2H3,(H,21,24). The summed E-state index contributed by atoms with van der Waals surface area (Å²) in [7, 11) is 1.31. The van der Waals surface area contributed by atoms with Gasteiger partial charge in [0.15, 0.2) is 0 Å². The number of amides is 1. The van der Waals surface area contributed by atoms with Crippen LogP contribution in [0.25, 0.3) is 11.4 Å². The number of methoxy groups -OCH3 is 1. The van der Waals surface area contributed by atoms with Crippen LogP contribution in [0.2, 0.25) is 0 Å². The van der Waals surface area contributed by atoms with Crippen LogP contribution in [0.3, 0.4) is 0 Å². The molecule has 0 aliphatic heterocycles. The van der Waals surface area contributed by atoms with Gasteiger partial charge in [0.25, 0.3) is 0 Å². The number of nitrogens with zero attached hydrogens (tertiary/aromatic N) is 2. The summed E-state index contributed by atoms with van der Waals surface area (Å²) in [5.41, 5.74) is 2.65. The minimum absolute atomic E-state index is 0.179. The third kappa shape index (κ3) is 4.58. The molecule has 2 aromatic carbocycles. The third-order valence-corrected chi connectivity index (χ3v) is 4.00. The zero-order valence-corrected chi connectivity index (χ0v) is 15.1. The van der Waals surface area contributed by atoms with Gasteiger partial charge in [-0.1, -0.05) is 41.6 Å². The van der Waals surface area contributed by atoms with Gasteiger partial charge in [0.2, 0.25) is 17.6 Å². The van der Waals surface area contributed by atoms with Crippen molar-refractivity contribution in [1.82, 2.24) is 10.1 Å². The van der Waals surface area contributed by atoms with Crippen LogP contribution < -0.4 is 5.32 Å². The number of nitrogens with one attached hydrogen (secondary N) is 1. The number of carbonyl (C=O) groups is 2. The Kier molecular flexibility index (Phi) is 5.61. The Morgan fingerprint density at radius 3 is 2.67 bits per heavy atom. The van der Waals surface area contributed by atoms with Crippen LogP contribution in [0, 0.1) is 6.92 Å². The molecule has 0 spiro atoms. The molecular weight excluding hydrogens is 346 g/mol. The number of hydrogen-bond acceptors (Lipinski definition) is 6. The smallest absolute Gasteiger partial charge is 0.337 e. The van der Waals surface area contributed by atoms with Crippen molar-refractivity contribution in [3.05, 3.63) is 65.5 Å². The van der Waals surface area contributed by atoms with Gasteiger partial charge < -0.3 is 14.6 Å². The molecule has 3 rings (SSSR count). The molecule has 138 valence electrons. The van der Waals surface area contributed by atoms with Gasteiger partial charge >= 0.3 is 5.97 Å². The molecule has 1 N–H and O–H groups in total. The molecule has 3 aromatic rings. The molecule has 1 amide bonds. The van der Waals surface area contributed by atoms with Crippen LogP contribution in [-0.2, 0) is 16.0 Å². The second-order valence-corrected chi connectivity index (χ2v) is 5.95. The van der Waals surface area contributed by atoms with E-state index in [9.17, 15) is 9.59 Å². The van der Waals surface area contributed by atoms with E-state index in [2.05, 4.69) is 15.5 Å². The van der Waals surface area contributed by atoms with Crippen molar-refractivity contribution in [2.24, 2.45) is 0 Å². The van der Waals surface area contributed by atoms with Crippen LogP contribution in [0.5, 0.6) is 0 Å². The molecular formula is C20H19N3O4. The molecule has 7 nitrogen and oxygen atoms in total. The second kappa shape index (κ2) is 8.27. The lowest BCUT2D eigenvalue weighted by molar-refractivity contribution is -0.116. The Morgan fingerprint density at radius 2 is 1.93 bits per heavy atom. The third-order valence-electron chi connectivity index (χ3n) is 4.00.